The molecule has 0 saturated carbocycles. The lowest BCUT2D eigenvalue weighted by molar-refractivity contribution is -0.00848. The molecule has 1 rings (SSSR count). The van der Waals surface area contributed by atoms with E-state index in [1.54, 1.807) is 12.1 Å². The van der Waals surface area contributed by atoms with Crippen LogP contribution in [-0.2, 0) is 5.92 Å². The second-order valence-corrected chi connectivity index (χ2v) is 3.12. The van der Waals surface area contributed by atoms with Gasteiger partial charge in [0, 0.05) is 16.9 Å². The average Bonchev–Trinajstić information content (AvgIpc) is 2.05. The molecule has 0 bridgehead atoms. The summed E-state index contributed by atoms with van der Waals surface area (Å²) < 4.78 is 26.1. The summed E-state index contributed by atoms with van der Waals surface area (Å²) >= 11 is 3.99. The van der Waals surface area contributed by atoms with E-state index in [2.05, 4.69) is 12.6 Å². The van der Waals surface area contributed by atoms with Crippen LogP contribution in [0.25, 0.3) is 0 Å². The standard InChI is InChI=1S/C9H10F2S/c1-2-9(10,11)7-4-3-5-8(12)6-7/h3-6,12H,2H2,1H3. The molecule has 0 spiro atoms. The van der Waals surface area contributed by atoms with Gasteiger partial charge in [0.15, 0.2) is 0 Å². The van der Waals surface area contributed by atoms with Crippen LogP contribution in [0, 0.1) is 0 Å². The van der Waals surface area contributed by atoms with Gasteiger partial charge < -0.3 is 0 Å². The van der Waals surface area contributed by atoms with Gasteiger partial charge in [0.25, 0.3) is 5.92 Å². The van der Waals surface area contributed by atoms with Crippen LogP contribution in [0.5, 0.6) is 0 Å². The van der Waals surface area contributed by atoms with Crippen LogP contribution >= 0.6 is 12.6 Å². The Morgan fingerprint density at radius 2 is 2.08 bits per heavy atom. The zero-order chi connectivity index (χ0) is 9.19. The van der Waals surface area contributed by atoms with Crippen LogP contribution in [0.1, 0.15) is 18.9 Å². The van der Waals surface area contributed by atoms with Gasteiger partial charge in [-0.05, 0) is 12.1 Å². The first kappa shape index (κ1) is 9.52. The van der Waals surface area contributed by atoms with Gasteiger partial charge in [0.2, 0.25) is 0 Å². The lowest BCUT2D eigenvalue weighted by Crippen LogP contribution is -2.10. The van der Waals surface area contributed by atoms with Crippen molar-refractivity contribution in [2.45, 2.75) is 24.2 Å². The highest BCUT2D eigenvalue weighted by Gasteiger charge is 2.28. The van der Waals surface area contributed by atoms with E-state index in [0.717, 1.165) is 0 Å². The van der Waals surface area contributed by atoms with Crippen molar-refractivity contribution in [2.24, 2.45) is 0 Å². The molecule has 0 N–H and O–H groups in total. The van der Waals surface area contributed by atoms with Gasteiger partial charge in [0.05, 0.1) is 0 Å². The van der Waals surface area contributed by atoms with Crippen LogP contribution in [-0.4, -0.2) is 0 Å². The summed E-state index contributed by atoms with van der Waals surface area (Å²) in [6.07, 6.45) is -0.176. The van der Waals surface area contributed by atoms with Gasteiger partial charge in [-0.3, -0.25) is 0 Å². The summed E-state index contributed by atoms with van der Waals surface area (Å²) in [6, 6.07) is 6.08. The fraction of sp³-hybridized carbons (Fsp3) is 0.333. The third-order valence-electron chi connectivity index (χ3n) is 1.71. The maximum absolute atomic E-state index is 13.0. The van der Waals surface area contributed by atoms with E-state index in [1.165, 1.54) is 19.1 Å². The number of alkyl halides is 2. The van der Waals surface area contributed by atoms with Gasteiger partial charge in [-0.15, -0.1) is 12.6 Å². The van der Waals surface area contributed by atoms with E-state index in [9.17, 15) is 8.78 Å². The van der Waals surface area contributed by atoms with Gasteiger partial charge in [-0.25, -0.2) is 8.78 Å². The minimum Gasteiger partial charge on any atom is -0.201 e. The molecule has 3 heteroatoms. The third-order valence-corrected chi connectivity index (χ3v) is 1.99. The minimum atomic E-state index is -2.72. The molecule has 0 aromatic heterocycles. The van der Waals surface area contributed by atoms with Crippen LogP contribution in [0.4, 0.5) is 8.78 Å². The Morgan fingerprint density at radius 3 is 2.58 bits per heavy atom. The molecule has 66 valence electrons. The second-order valence-electron chi connectivity index (χ2n) is 2.61. The smallest absolute Gasteiger partial charge is 0.201 e. The summed E-state index contributed by atoms with van der Waals surface area (Å²) in [4.78, 5) is 0.570. The Labute approximate surface area is 76.0 Å². The van der Waals surface area contributed by atoms with Crippen molar-refractivity contribution in [3.8, 4) is 0 Å². The molecule has 0 amide bonds. The number of halogens is 2. The quantitative estimate of drug-likeness (QED) is 0.675. The van der Waals surface area contributed by atoms with Crippen molar-refractivity contribution in [2.75, 3.05) is 0 Å². The van der Waals surface area contributed by atoms with Crippen molar-refractivity contribution in [1.29, 1.82) is 0 Å². The largest absolute Gasteiger partial charge is 0.273 e. The van der Waals surface area contributed by atoms with Crippen LogP contribution in [0.2, 0.25) is 0 Å². The Balaban J connectivity index is 3.03. The second kappa shape index (κ2) is 3.44. The van der Waals surface area contributed by atoms with Crippen molar-refractivity contribution in [3.05, 3.63) is 29.8 Å². The maximum atomic E-state index is 13.0. The molecule has 0 radical (unpaired) electrons. The molecule has 0 fully saturated rings. The SMILES string of the molecule is CCC(F)(F)c1cccc(S)c1. The lowest BCUT2D eigenvalue weighted by Gasteiger charge is -2.14. The van der Waals surface area contributed by atoms with Gasteiger partial charge >= 0.3 is 0 Å². The minimum absolute atomic E-state index is 0.0394. The molecular weight excluding hydrogens is 178 g/mol. The van der Waals surface area contributed by atoms with E-state index >= 15 is 0 Å². The number of hydrogen-bond donors (Lipinski definition) is 1. The molecule has 0 atom stereocenters. The predicted octanol–water partition coefficient (Wildman–Crippen LogP) is 3.48. The van der Waals surface area contributed by atoms with E-state index < -0.39 is 5.92 Å². The Morgan fingerprint density at radius 1 is 1.42 bits per heavy atom. The van der Waals surface area contributed by atoms with Crippen LogP contribution in [0.15, 0.2) is 29.2 Å². The maximum Gasteiger partial charge on any atom is 0.273 e. The predicted molar refractivity (Wildman–Crippen MR) is 47.9 cm³/mol. The number of rotatable bonds is 2. The molecule has 1 aromatic rings. The number of thiol groups is 1. The summed E-state index contributed by atoms with van der Waals surface area (Å²) in [7, 11) is 0. The average molecular weight is 188 g/mol. The zero-order valence-electron chi connectivity index (χ0n) is 6.72. The first-order valence-electron chi connectivity index (χ1n) is 3.73. The number of benzene rings is 1. The summed E-state index contributed by atoms with van der Waals surface area (Å²) in [5.74, 6) is -2.72. The molecule has 0 nitrogen and oxygen atoms in total. The first-order chi connectivity index (χ1) is 5.56. The fourth-order valence-electron chi connectivity index (χ4n) is 0.938. The Kier molecular flexibility index (Phi) is 2.73. The van der Waals surface area contributed by atoms with Gasteiger partial charge in [-0.1, -0.05) is 19.1 Å². The first-order valence-corrected chi connectivity index (χ1v) is 4.18. The van der Waals surface area contributed by atoms with Gasteiger partial charge in [0.1, 0.15) is 0 Å². The molecule has 0 heterocycles. The third kappa shape index (κ3) is 1.97. The molecule has 0 aliphatic rings. The lowest BCUT2D eigenvalue weighted by atomic mass is 10.1. The molecule has 0 unspecified atom stereocenters. The number of hydrogen-bond acceptors (Lipinski definition) is 1. The van der Waals surface area contributed by atoms with E-state index in [-0.39, 0.29) is 12.0 Å². The van der Waals surface area contributed by atoms with Crippen molar-refractivity contribution >= 4 is 12.6 Å². The molecule has 0 saturated heterocycles. The summed E-state index contributed by atoms with van der Waals surface area (Å²) in [5, 5.41) is 0. The van der Waals surface area contributed by atoms with Crippen molar-refractivity contribution in [1.82, 2.24) is 0 Å². The van der Waals surface area contributed by atoms with E-state index in [4.69, 9.17) is 0 Å². The van der Waals surface area contributed by atoms with Crippen LogP contribution in [0.3, 0.4) is 0 Å². The Bertz CT molecular complexity index is 271. The van der Waals surface area contributed by atoms with Crippen LogP contribution < -0.4 is 0 Å². The van der Waals surface area contributed by atoms with E-state index in [1.807, 2.05) is 0 Å². The molecule has 12 heavy (non-hydrogen) atoms. The highest BCUT2D eigenvalue weighted by Crippen LogP contribution is 2.31. The monoisotopic (exact) mass is 188 g/mol. The van der Waals surface area contributed by atoms with E-state index in [0.29, 0.717) is 4.90 Å². The molecule has 0 aliphatic carbocycles. The fourth-order valence-corrected chi connectivity index (χ4v) is 1.16. The highest BCUT2D eigenvalue weighted by atomic mass is 32.1. The Hall–Kier alpha value is -0.570. The normalized spacial score (nSPS) is 11.7. The zero-order valence-corrected chi connectivity index (χ0v) is 7.61. The summed E-state index contributed by atoms with van der Waals surface area (Å²) in [6.45, 7) is 1.46. The summed E-state index contributed by atoms with van der Waals surface area (Å²) in [5.41, 5.74) is 0.0394. The molecule has 1 aromatic carbocycles. The molecule has 0 aliphatic heterocycles. The van der Waals surface area contributed by atoms with Crippen molar-refractivity contribution < 1.29 is 8.78 Å². The van der Waals surface area contributed by atoms with Gasteiger partial charge in [-0.2, -0.15) is 0 Å². The molecular formula is C9H10F2S. The van der Waals surface area contributed by atoms with Crippen molar-refractivity contribution in [3.63, 3.8) is 0 Å². The topological polar surface area (TPSA) is 0 Å². The highest BCUT2D eigenvalue weighted by molar-refractivity contribution is 7.80.